The van der Waals surface area contributed by atoms with Crippen molar-refractivity contribution in [3.05, 3.63) is 47.5 Å². The van der Waals surface area contributed by atoms with Gasteiger partial charge in [-0.3, -0.25) is 4.79 Å². The zero-order valence-electron chi connectivity index (χ0n) is 14.3. The third-order valence-corrected chi connectivity index (χ3v) is 3.88. The second kappa shape index (κ2) is 10.3. The molecule has 0 radical (unpaired) electrons. The molecule has 5 nitrogen and oxygen atoms in total. The third kappa shape index (κ3) is 6.51. The van der Waals surface area contributed by atoms with Crippen molar-refractivity contribution in [1.82, 2.24) is 10.2 Å². The number of carbonyl (C=O) groups is 1. The number of aliphatic imine (C=N–C) groups is 1. The van der Waals surface area contributed by atoms with Crippen LogP contribution in [0.25, 0.3) is 0 Å². The Labute approximate surface area is 161 Å². The number of carbonyl (C=O) groups excluding carboxylic acids is 1. The van der Waals surface area contributed by atoms with Crippen molar-refractivity contribution in [2.75, 3.05) is 19.6 Å². The molecule has 0 aliphatic carbocycles. The van der Waals surface area contributed by atoms with Crippen molar-refractivity contribution in [2.24, 2.45) is 10.7 Å². The van der Waals surface area contributed by atoms with Crippen molar-refractivity contribution in [2.45, 2.75) is 32.7 Å². The van der Waals surface area contributed by atoms with Gasteiger partial charge >= 0.3 is 0 Å². The van der Waals surface area contributed by atoms with E-state index in [1.54, 1.807) is 0 Å². The fourth-order valence-corrected chi connectivity index (χ4v) is 2.60. The highest BCUT2D eigenvalue weighted by Gasteiger charge is 2.19. The van der Waals surface area contributed by atoms with E-state index in [-0.39, 0.29) is 29.9 Å². The lowest BCUT2D eigenvalue weighted by Gasteiger charge is -2.29. The monoisotopic (exact) mass is 442 g/mol. The number of benzene rings is 1. The first kappa shape index (κ1) is 20.5. The predicted molar refractivity (Wildman–Crippen MR) is 110 cm³/mol. The van der Waals surface area contributed by atoms with Gasteiger partial charge in [0.2, 0.25) is 5.91 Å². The van der Waals surface area contributed by atoms with Crippen LogP contribution in [0.4, 0.5) is 0 Å². The molecule has 3 N–H and O–H groups in total. The first-order valence-electron chi connectivity index (χ1n) is 8.09. The summed E-state index contributed by atoms with van der Waals surface area (Å²) in [5, 5.41) is 3.03. The standard InChI is InChI=1S/C18H26N4O.HI/c1-14(2)12-21-18(19)20-10-5-8-17(23)22-11-9-15-6-3-4-7-16(15)13-22;/h3-4,6-7H,1,5,8-13H2,2H3,(H3,19,20,21);1H. The summed E-state index contributed by atoms with van der Waals surface area (Å²) in [5.74, 6) is 0.617. The summed E-state index contributed by atoms with van der Waals surface area (Å²) >= 11 is 0. The van der Waals surface area contributed by atoms with E-state index in [4.69, 9.17) is 5.73 Å². The summed E-state index contributed by atoms with van der Waals surface area (Å²) in [6.45, 7) is 8.41. The maximum absolute atomic E-state index is 12.3. The van der Waals surface area contributed by atoms with Crippen LogP contribution in [0, 0.1) is 0 Å². The molecule has 1 aromatic carbocycles. The molecule has 0 atom stereocenters. The number of rotatable bonds is 6. The van der Waals surface area contributed by atoms with Gasteiger partial charge in [0.15, 0.2) is 5.96 Å². The quantitative estimate of drug-likeness (QED) is 0.234. The Morgan fingerprint density at radius 2 is 2.08 bits per heavy atom. The first-order chi connectivity index (χ1) is 11.1. The molecule has 1 aliphatic heterocycles. The summed E-state index contributed by atoms with van der Waals surface area (Å²) in [4.78, 5) is 18.4. The number of hydrogen-bond acceptors (Lipinski definition) is 2. The van der Waals surface area contributed by atoms with Gasteiger partial charge in [-0.25, -0.2) is 4.99 Å². The number of nitrogens with one attached hydrogen (secondary N) is 1. The van der Waals surface area contributed by atoms with Crippen molar-refractivity contribution in [1.29, 1.82) is 0 Å². The molecule has 2 rings (SSSR count). The van der Waals surface area contributed by atoms with E-state index in [0.29, 0.717) is 25.5 Å². The molecule has 1 aromatic rings. The minimum Gasteiger partial charge on any atom is -0.370 e. The third-order valence-electron chi connectivity index (χ3n) is 3.88. The van der Waals surface area contributed by atoms with Crippen LogP contribution in [-0.2, 0) is 17.8 Å². The van der Waals surface area contributed by atoms with Crippen molar-refractivity contribution < 1.29 is 4.79 Å². The predicted octanol–water partition coefficient (Wildman–Crippen LogP) is 2.45. The molecule has 0 spiro atoms. The van der Waals surface area contributed by atoms with Crippen molar-refractivity contribution in [3.8, 4) is 0 Å². The number of nitrogens with two attached hydrogens (primary N) is 1. The van der Waals surface area contributed by atoms with Crippen LogP contribution in [0.3, 0.4) is 0 Å². The number of fused-ring (bicyclic) bond motifs is 1. The van der Waals surface area contributed by atoms with Gasteiger partial charge < -0.3 is 16.0 Å². The number of guanidine groups is 1. The SMILES string of the molecule is C=C(C)CN=C(N)NCCCC(=O)N1CCc2ccccc2C1.I. The van der Waals surface area contributed by atoms with E-state index >= 15 is 0 Å². The zero-order chi connectivity index (χ0) is 16.7. The van der Waals surface area contributed by atoms with E-state index in [9.17, 15) is 4.79 Å². The summed E-state index contributed by atoms with van der Waals surface area (Å²) in [5.41, 5.74) is 9.33. The first-order valence-corrected chi connectivity index (χ1v) is 8.09. The Hall–Kier alpha value is -1.57. The van der Waals surface area contributed by atoms with E-state index in [1.165, 1.54) is 11.1 Å². The van der Waals surface area contributed by atoms with Crippen LogP contribution in [0.1, 0.15) is 30.9 Å². The van der Waals surface area contributed by atoms with Crippen LogP contribution in [0.5, 0.6) is 0 Å². The zero-order valence-corrected chi connectivity index (χ0v) is 16.6. The highest BCUT2D eigenvalue weighted by Crippen LogP contribution is 2.19. The smallest absolute Gasteiger partial charge is 0.222 e. The number of amides is 1. The Kier molecular flexibility index (Phi) is 8.81. The molecule has 0 saturated carbocycles. The highest BCUT2D eigenvalue weighted by atomic mass is 127. The lowest BCUT2D eigenvalue weighted by Crippen LogP contribution is -2.37. The van der Waals surface area contributed by atoms with E-state index < -0.39 is 0 Å². The molecule has 0 aromatic heterocycles. The van der Waals surface area contributed by atoms with Gasteiger partial charge in [-0.1, -0.05) is 36.4 Å². The normalized spacial score (nSPS) is 13.7. The lowest BCUT2D eigenvalue weighted by molar-refractivity contribution is -0.132. The van der Waals surface area contributed by atoms with Crippen LogP contribution in [0.2, 0.25) is 0 Å². The Balaban J connectivity index is 0.00000288. The van der Waals surface area contributed by atoms with Crippen molar-refractivity contribution in [3.63, 3.8) is 0 Å². The van der Waals surface area contributed by atoms with Gasteiger partial charge in [-0.2, -0.15) is 0 Å². The molecule has 6 heteroatoms. The Bertz CT molecular complexity index is 600. The van der Waals surface area contributed by atoms with E-state index in [2.05, 4.69) is 35.1 Å². The molecule has 0 saturated heterocycles. The molecule has 1 aliphatic rings. The second-order valence-corrected chi connectivity index (χ2v) is 6.02. The molecule has 132 valence electrons. The van der Waals surface area contributed by atoms with Crippen LogP contribution >= 0.6 is 24.0 Å². The van der Waals surface area contributed by atoms with Gasteiger partial charge in [-0.05, 0) is 30.9 Å². The molecular formula is C18H27IN4O. The highest BCUT2D eigenvalue weighted by molar-refractivity contribution is 14.0. The molecule has 0 unspecified atom stereocenters. The summed E-state index contributed by atoms with van der Waals surface area (Å²) < 4.78 is 0. The van der Waals surface area contributed by atoms with E-state index in [1.807, 2.05) is 17.9 Å². The Morgan fingerprint density at radius 1 is 1.38 bits per heavy atom. The van der Waals surface area contributed by atoms with Crippen LogP contribution < -0.4 is 11.1 Å². The fraction of sp³-hybridized carbons (Fsp3) is 0.444. The van der Waals surface area contributed by atoms with Crippen LogP contribution in [0.15, 0.2) is 41.4 Å². The molecule has 24 heavy (non-hydrogen) atoms. The summed E-state index contributed by atoms with van der Waals surface area (Å²) in [7, 11) is 0. The maximum Gasteiger partial charge on any atom is 0.222 e. The van der Waals surface area contributed by atoms with Gasteiger partial charge in [0.25, 0.3) is 0 Å². The topological polar surface area (TPSA) is 70.7 Å². The van der Waals surface area contributed by atoms with Crippen LogP contribution in [-0.4, -0.2) is 36.4 Å². The number of halogens is 1. The van der Waals surface area contributed by atoms with Gasteiger partial charge in [-0.15, -0.1) is 24.0 Å². The van der Waals surface area contributed by atoms with Crippen molar-refractivity contribution >= 4 is 35.8 Å². The maximum atomic E-state index is 12.3. The second-order valence-electron chi connectivity index (χ2n) is 6.02. The van der Waals surface area contributed by atoms with E-state index in [0.717, 1.165) is 31.5 Å². The largest absolute Gasteiger partial charge is 0.370 e. The number of hydrogen-bond donors (Lipinski definition) is 2. The lowest BCUT2D eigenvalue weighted by atomic mass is 9.99. The minimum absolute atomic E-state index is 0. The summed E-state index contributed by atoms with van der Waals surface area (Å²) in [6.07, 6.45) is 2.23. The van der Waals surface area contributed by atoms with Gasteiger partial charge in [0.05, 0.1) is 6.54 Å². The molecule has 1 heterocycles. The molecule has 0 bridgehead atoms. The molecule has 1 amide bonds. The molecule has 0 fully saturated rings. The number of nitrogens with zero attached hydrogens (tertiary/aromatic N) is 2. The average Bonchev–Trinajstić information content (AvgIpc) is 2.56. The summed E-state index contributed by atoms with van der Waals surface area (Å²) in [6, 6.07) is 8.34. The van der Waals surface area contributed by atoms with Gasteiger partial charge in [0.1, 0.15) is 0 Å². The fourth-order valence-electron chi connectivity index (χ4n) is 2.60. The molecular weight excluding hydrogens is 415 g/mol. The minimum atomic E-state index is 0. The average molecular weight is 442 g/mol. The Morgan fingerprint density at radius 3 is 2.79 bits per heavy atom. The van der Waals surface area contributed by atoms with Gasteiger partial charge in [0, 0.05) is 26.1 Å².